The summed E-state index contributed by atoms with van der Waals surface area (Å²) in [6.45, 7) is 1.77. The van der Waals surface area contributed by atoms with E-state index in [9.17, 15) is 4.79 Å². The van der Waals surface area contributed by atoms with Crippen LogP contribution in [-0.2, 0) is 11.2 Å². The van der Waals surface area contributed by atoms with E-state index in [1.807, 2.05) is 0 Å². The van der Waals surface area contributed by atoms with Gasteiger partial charge in [-0.3, -0.25) is 4.79 Å². The summed E-state index contributed by atoms with van der Waals surface area (Å²) in [4.78, 5) is 10.6. The Morgan fingerprint density at radius 3 is 2.73 bits per heavy atom. The van der Waals surface area contributed by atoms with Crippen molar-refractivity contribution in [3.63, 3.8) is 0 Å². The third-order valence-corrected chi connectivity index (χ3v) is 1.79. The summed E-state index contributed by atoms with van der Waals surface area (Å²) in [7, 11) is 0. The van der Waals surface area contributed by atoms with Crippen LogP contribution in [-0.4, -0.2) is 28.9 Å². The van der Waals surface area contributed by atoms with Crippen LogP contribution in [0.25, 0.3) is 0 Å². The van der Waals surface area contributed by atoms with Gasteiger partial charge in [-0.25, -0.2) is 0 Å². The fraction of sp³-hybridized carbons (Fsp3) is 0.364. The summed E-state index contributed by atoms with van der Waals surface area (Å²) in [5, 5.41) is 17.7. The molecule has 2 N–H and O–H groups in total. The minimum Gasteiger partial charge on any atom is -0.491 e. The number of benzene rings is 1. The molecule has 0 aliphatic heterocycles. The van der Waals surface area contributed by atoms with Gasteiger partial charge in [0.05, 0.1) is 12.5 Å². The second-order valence-electron chi connectivity index (χ2n) is 3.34. The quantitative estimate of drug-likeness (QED) is 0.763. The van der Waals surface area contributed by atoms with Crippen molar-refractivity contribution in [2.24, 2.45) is 0 Å². The first-order chi connectivity index (χ1) is 7.09. The van der Waals surface area contributed by atoms with Crippen LogP contribution >= 0.6 is 0 Å². The number of para-hydroxylation sites is 1. The SMILES string of the molecule is CC(O)COc1ccccc1CC(=O)O. The Hall–Kier alpha value is -1.55. The lowest BCUT2D eigenvalue weighted by Gasteiger charge is -2.11. The monoisotopic (exact) mass is 210 g/mol. The van der Waals surface area contributed by atoms with Gasteiger partial charge in [0.25, 0.3) is 0 Å². The molecule has 1 aromatic carbocycles. The Kier molecular flexibility index (Phi) is 4.12. The average molecular weight is 210 g/mol. The molecular formula is C11H14O4. The van der Waals surface area contributed by atoms with Crippen LogP contribution in [0.15, 0.2) is 24.3 Å². The van der Waals surface area contributed by atoms with Gasteiger partial charge in [-0.1, -0.05) is 18.2 Å². The molecule has 0 fully saturated rings. The minimum absolute atomic E-state index is 0.0734. The predicted molar refractivity (Wildman–Crippen MR) is 55.0 cm³/mol. The van der Waals surface area contributed by atoms with Crippen molar-refractivity contribution in [2.75, 3.05) is 6.61 Å². The van der Waals surface area contributed by atoms with E-state index in [4.69, 9.17) is 14.9 Å². The average Bonchev–Trinajstić information content (AvgIpc) is 2.15. The zero-order valence-corrected chi connectivity index (χ0v) is 8.51. The van der Waals surface area contributed by atoms with Gasteiger partial charge in [0, 0.05) is 5.56 Å². The molecule has 15 heavy (non-hydrogen) atoms. The van der Waals surface area contributed by atoms with Gasteiger partial charge in [0.2, 0.25) is 0 Å². The van der Waals surface area contributed by atoms with E-state index in [-0.39, 0.29) is 13.0 Å². The van der Waals surface area contributed by atoms with E-state index in [1.54, 1.807) is 31.2 Å². The summed E-state index contributed by atoms with van der Waals surface area (Å²) in [6.07, 6.45) is -0.640. The van der Waals surface area contributed by atoms with Gasteiger partial charge in [-0.05, 0) is 13.0 Å². The van der Waals surface area contributed by atoms with E-state index in [2.05, 4.69) is 0 Å². The fourth-order valence-corrected chi connectivity index (χ4v) is 1.16. The van der Waals surface area contributed by atoms with Crippen LogP contribution < -0.4 is 4.74 Å². The maximum absolute atomic E-state index is 10.6. The highest BCUT2D eigenvalue weighted by Gasteiger charge is 2.07. The Morgan fingerprint density at radius 2 is 2.13 bits per heavy atom. The minimum atomic E-state index is -0.900. The van der Waals surface area contributed by atoms with Gasteiger partial charge in [-0.2, -0.15) is 0 Å². The second kappa shape index (κ2) is 5.36. The zero-order chi connectivity index (χ0) is 11.3. The highest BCUT2D eigenvalue weighted by Crippen LogP contribution is 2.18. The molecule has 1 aromatic rings. The Labute approximate surface area is 88.1 Å². The highest BCUT2D eigenvalue weighted by molar-refractivity contribution is 5.71. The Morgan fingerprint density at radius 1 is 1.47 bits per heavy atom. The molecule has 0 aliphatic rings. The molecule has 1 atom stereocenters. The van der Waals surface area contributed by atoms with E-state index < -0.39 is 12.1 Å². The largest absolute Gasteiger partial charge is 0.491 e. The normalized spacial score (nSPS) is 12.1. The van der Waals surface area contributed by atoms with Crippen LogP contribution in [0.5, 0.6) is 5.75 Å². The number of aliphatic hydroxyl groups excluding tert-OH is 1. The summed E-state index contributed by atoms with van der Waals surface area (Å²) in [5.74, 6) is -0.385. The number of carboxylic acids is 1. The number of aliphatic carboxylic acids is 1. The van der Waals surface area contributed by atoms with Crippen molar-refractivity contribution in [3.8, 4) is 5.75 Å². The van der Waals surface area contributed by atoms with Crippen LogP contribution in [0.4, 0.5) is 0 Å². The van der Waals surface area contributed by atoms with Crippen molar-refractivity contribution in [1.29, 1.82) is 0 Å². The summed E-state index contributed by atoms with van der Waals surface area (Å²) < 4.78 is 5.29. The molecule has 1 unspecified atom stereocenters. The van der Waals surface area contributed by atoms with Gasteiger partial charge >= 0.3 is 5.97 Å². The summed E-state index contributed by atoms with van der Waals surface area (Å²) in [5.41, 5.74) is 0.616. The first kappa shape index (κ1) is 11.5. The smallest absolute Gasteiger partial charge is 0.307 e. The van der Waals surface area contributed by atoms with Crippen molar-refractivity contribution in [2.45, 2.75) is 19.4 Å². The lowest BCUT2D eigenvalue weighted by Crippen LogP contribution is -2.14. The standard InChI is InChI=1S/C11H14O4/c1-8(12)7-15-10-5-3-2-4-9(10)6-11(13)14/h2-5,8,12H,6-7H2,1H3,(H,13,14). The number of aliphatic hydroxyl groups is 1. The number of rotatable bonds is 5. The number of ether oxygens (including phenoxy) is 1. The van der Waals surface area contributed by atoms with E-state index in [1.165, 1.54) is 0 Å². The Bertz CT molecular complexity index is 333. The third-order valence-electron chi connectivity index (χ3n) is 1.79. The molecule has 0 aromatic heterocycles. The van der Waals surface area contributed by atoms with E-state index in [0.29, 0.717) is 11.3 Å². The number of hydrogen-bond acceptors (Lipinski definition) is 3. The molecule has 0 saturated heterocycles. The molecule has 0 spiro atoms. The van der Waals surface area contributed by atoms with Gasteiger partial charge in [-0.15, -0.1) is 0 Å². The molecule has 4 heteroatoms. The molecular weight excluding hydrogens is 196 g/mol. The lowest BCUT2D eigenvalue weighted by molar-refractivity contribution is -0.136. The number of hydrogen-bond donors (Lipinski definition) is 2. The van der Waals surface area contributed by atoms with E-state index >= 15 is 0 Å². The third kappa shape index (κ3) is 3.99. The molecule has 82 valence electrons. The fourth-order valence-electron chi connectivity index (χ4n) is 1.16. The molecule has 0 amide bonds. The predicted octanol–water partition coefficient (Wildman–Crippen LogP) is 1.07. The Balaban J connectivity index is 2.72. The maximum atomic E-state index is 10.6. The summed E-state index contributed by atoms with van der Waals surface area (Å²) in [6, 6.07) is 6.92. The molecule has 0 saturated carbocycles. The number of carbonyl (C=O) groups is 1. The van der Waals surface area contributed by atoms with Crippen LogP contribution in [0, 0.1) is 0 Å². The number of carboxylic acid groups (broad SMARTS) is 1. The van der Waals surface area contributed by atoms with Crippen LogP contribution in [0.1, 0.15) is 12.5 Å². The molecule has 0 bridgehead atoms. The first-order valence-corrected chi connectivity index (χ1v) is 4.70. The van der Waals surface area contributed by atoms with Gasteiger partial charge in [0.15, 0.2) is 0 Å². The zero-order valence-electron chi connectivity index (χ0n) is 8.51. The van der Waals surface area contributed by atoms with Gasteiger partial charge < -0.3 is 14.9 Å². The van der Waals surface area contributed by atoms with Crippen molar-refractivity contribution in [3.05, 3.63) is 29.8 Å². The van der Waals surface area contributed by atoms with Gasteiger partial charge in [0.1, 0.15) is 12.4 Å². The van der Waals surface area contributed by atoms with Crippen molar-refractivity contribution < 1.29 is 19.7 Å². The van der Waals surface area contributed by atoms with Crippen LogP contribution in [0.2, 0.25) is 0 Å². The highest BCUT2D eigenvalue weighted by atomic mass is 16.5. The van der Waals surface area contributed by atoms with E-state index in [0.717, 1.165) is 0 Å². The second-order valence-corrected chi connectivity index (χ2v) is 3.34. The first-order valence-electron chi connectivity index (χ1n) is 4.70. The molecule has 1 rings (SSSR count). The summed E-state index contributed by atoms with van der Waals surface area (Å²) >= 11 is 0. The molecule has 0 aliphatic carbocycles. The molecule has 0 radical (unpaired) electrons. The topological polar surface area (TPSA) is 66.8 Å². The van der Waals surface area contributed by atoms with Crippen molar-refractivity contribution in [1.82, 2.24) is 0 Å². The molecule has 0 heterocycles. The molecule has 4 nitrogen and oxygen atoms in total. The lowest BCUT2D eigenvalue weighted by atomic mass is 10.1. The van der Waals surface area contributed by atoms with Crippen LogP contribution in [0.3, 0.4) is 0 Å². The maximum Gasteiger partial charge on any atom is 0.307 e. The van der Waals surface area contributed by atoms with Crippen molar-refractivity contribution >= 4 is 5.97 Å².